The van der Waals surface area contributed by atoms with E-state index in [4.69, 9.17) is 11.6 Å². The van der Waals surface area contributed by atoms with Crippen LogP contribution in [0, 0.1) is 11.7 Å². The summed E-state index contributed by atoms with van der Waals surface area (Å²) in [5.41, 5.74) is -0.220. The molecule has 0 atom stereocenters. The first-order valence-corrected chi connectivity index (χ1v) is 10.8. The van der Waals surface area contributed by atoms with Gasteiger partial charge in [0.2, 0.25) is 11.8 Å². The molecule has 2 aromatic rings. The van der Waals surface area contributed by atoms with E-state index in [1.165, 1.54) is 24.3 Å². The number of rotatable bonds is 7. The summed E-state index contributed by atoms with van der Waals surface area (Å²) in [4.78, 5) is 29.9. The van der Waals surface area contributed by atoms with Crippen LogP contribution < -0.4 is 15.5 Å². The van der Waals surface area contributed by atoms with Gasteiger partial charge in [-0.2, -0.15) is 13.2 Å². The highest BCUT2D eigenvalue weighted by molar-refractivity contribution is 6.33. The molecule has 1 saturated heterocycles. The van der Waals surface area contributed by atoms with Gasteiger partial charge in [-0.15, -0.1) is 0 Å². The minimum absolute atomic E-state index is 0.0795. The molecule has 1 aliphatic rings. The van der Waals surface area contributed by atoms with E-state index in [0.717, 1.165) is 12.3 Å². The van der Waals surface area contributed by atoms with E-state index in [1.807, 2.05) is 0 Å². The van der Waals surface area contributed by atoms with Crippen molar-refractivity contribution < 1.29 is 27.2 Å². The molecule has 0 spiro atoms. The average molecular weight is 487 g/mol. The van der Waals surface area contributed by atoms with Crippen LogP contribution >= 0.6 is 11.6 Å². The summed E-state index contributed by atoms with van der Waals surface area (Å²) in [5.74, 6) is -0.720. The van der Waals surface area contributed by atoms with Gasteiger partial charge < -0.3 is 15.5 Å². The topological polar surface area (TPSA) is 74.3 Å². The van der Waals surface area contributed by atoms with E-state index in [2.05, 4.69) is 15.6 Å². The van der Waals surface area contributed by atoms with Crippen LogP contribution in [-0.2, 0) is 22.2 Å². The number of halogens is 5. The average Bonchev–Trinajstić information content (AvgIpc) is 2.77. The van der Waals surface area contributed by atoms with Crippen LogP contribution in [-0.4, -0.2) is 43.0 Å². The molecule has 33 heavy (non-hydrogen) atoms. The number of aromatic nitrogens is 1. The SMILES string of the molecule is O=C(Cc1ccc(F)cc1)NCCNC(=O)C1CCN(c2ncc(C(F)(F)F)cc2Cl)CC1. The maximum Gasteiger partial charge on any atom is 0.417 e. The molecule has 1 aromatic carbocycles. The molecule has 6 nitrogen and oxygen atoms in total. The minimum Gasteiger partial charge on any atom is -0.355 e. The first-order chi connectivity index (χ1) is 15.6. The first-order valence-electron chi connectivity index (χ1n) is 10.4. The van der Waals surface area contributed by atoms with Crippen LogP contribution in [0.25, 0.3) is 0 Å². The molecule has 0 saturated carbocycles. The van der Waals surface area contributed by atoms with E-state index in [-0.39, 0.29) is 53.9 Å². The van der Waals surface area contributed by atoms with Crippen LogP contribution in [0.15, 0.2) is 36.5 Å². The Hall–Kier alpha value is -2.88. The smallest absolute Gasteiger partial charge is 0.355 e. The second-order valence-electron chi connectivity index (χ2n) is 7.73. The van der Waals surface area contributed by atoms with Gasteiger partial charge in [-0.1, -0.05) is 23.7 Å². The Morgan fingerprint density at radius 1 is 1.09 bits per heavy atom. The quantitative estimate of drug-likeness (QED) is 0.463. The number of carbonyl (C=O) groups excluding carboxylic acids is 2. The molecule has 0 unspecified atom stereocenters. The van der Waals surface area contributed by atoms with Crippen molar-refractivity contribution in [2.75, 3.05) is 31.1 Å². The lowest BCUT2D eigenvalue weighted by Gasteiger charge is -2.32. The fourth-order valence-electron chi connectivity index (χ4n) is 3.55. The third kappa shape index (κ3) is 7.05. The summed E-state index contributed by atoms with van der Waals surface area (Å²) in [5, 5.41) is 5.40. The molecule has 178 valence electrons. The van der Waals surface area contributed by atoms with Gasteiger partial charge in [-0.25, -0.2) is 9.37 Å². The van der Waals surface area contributed by atoms with Crippen molar-refractivity contribution in [2.24, 2.45) is 5.92 Å². The number of nitrogens with one attached hydrogen (secondary N) is 2. The van der Waals surface area contributed by atoms with Gasteiger partial charge in [0.25, 0.3) is 0 Å². The van der Waals surface area contributed by atoms with Gasteiger partial charge in [-0.3, -0.25) is 9.59 Å². The van der Waals surface area contributed by atoms with Gasteiger partial charge in [0.1, 0.15) is 11.6 Å². The lowest BCUT2D eigenvalue weighted by molar-refractivity contribution is -0.137. The van der Waals surface area contributed by atoms with Crippen LogP contribution in [0.1, 0.15) is 24.0 Å². The molecule has 2 amide bonds. The molecule has 1 fully saturated rings. The van der Waals surface area contributed by atoms with Crippen LogP contribution in [0.5, 0.6) is 0 Å². The Morgan fingerprint density at radius 3 is 2.33 bits per heavy atom. The number of piperidine rings is 1. The highest BCUT2D eigenvalue weighted by Gasteiger charge is 2.33. The summed E-state index contributed by atoms with van der Waals surface area (Å²) in [7, 11) is 0. The first kappa shape index (κ1) is 24.8. The molecule has 0 aliphatic carbocycles. The van der Waals surface area contributed by atoms with E-state index in [1.54, 1.807) is 4.90 Å². The predicted molar refractivity (Wildman–Crippen MR) is 115 cm³/mol. The third-order valence-corrected chi connectivity index (χ3v) is 5.62. The number of benzene rings is 1. The fourth-order valence-corrected chi connectivity index (χ4v) is 3.84. The van der Waals surface area contributed by atoms with Crippen LogP contribution in [0.3, 0.4) is 0 Å². The standard InChI is InChI=1S/C22H23ClF4N4O2/c23-18-12-16(22(25,26)27)13-30-20(18)31-9-5-15(6-10-31)21(33)29-8-7-28-19(32)11-14-1-3-17(24)4-2-14/h1-4,12-13,15H,5-11H2,(H,28,32)(H,29,33). The monoisotopic (exact) mass is 486 g/mol. The maximum atomic E-state index is 12.9. The van der Waals surface area contributed by atoms with Crippen molar-refractivity contribution >= 4 is 29.2 Å². The molecule has 1 aliphatic heterocycles. The van der Waals surface area contributed by atoms with Crippen LogP contribution in [0.4, 0.5) is 23.4 Å². The van der Waals surface area contributed by atoms with Gasteiger partial charge in [0.05, 0.1) is 17.0 Å². The lowest BCUT2D eigenvalue weighted by Crippen LogP contribution is -2.43. The number of pyridine rings is 1. The predicted octanol–water partition coefficient (Wildman–Crippen LogP) is 3.58. The van der Waals surface area contributed by atoms with Crippen LogP contribution in [0.2, 0.25) is 5.02 Å². The highest BCUT2D eigenvalue weighted by atomic mass is 35.5. The minimum atomic E-state index is -4.51. The molecule has 3 rings (SSSR count). The van der Waals surface area contributed by atoms with Crippen molar-refractivity contribution in [1.82, 2.24) is 15.6 Å². The van der Waals surface area contributed by atoms with E-state index >= 15 is 0 Å². The fraction of sp³-hybridized carbons (Fsp3) is 0.409. The number of anilines is 1. The normalized spacial score (nSPS) is 14.8. The van der Waals surface area contributed by atoms with Crippen molar-refractivity contribution in [3.63, 3.8) is 0 Å². The maximum absolute atomic E-state index is 12.9. The second-order valence-corrected chi connectivity index (χ2v) is 8.14. The summed E-state index contributed by atoms with van der Waals surface area (Å²) < 4.78 is 51.2. The number of alkyl halides is 3. The lowest BCUT2D eigenvalue weighted by atomic mass is 9.96. The third-order valence-electron chi connectivity index (χ3n) is 5.34. The summed E-state index contributed by atoms with van der Waals surface area (Å²) in [6.07, 6.45) is -2.64. The molecule has 2 heterocycles. The number of carbonyl (C=O) groups is 2. The van der Waals surface area contributed by atoms with Crippen molar-refractivity contribution in [1.29, 1.82) is 0 Å². The molecular weight excluding hydrogens is 464 g/mol. The zero-order valence-electron chi connectivity index (χ0n) is 17.6. The molecule has 11 heteroatoms. The van der Waals surface area contributed by atoms with Gasteiger partial charge >= 0.3 is 6.18 Å². The van der Waals surface area contributed by atoms with Crippen molar-refractivity contribution in [3.05, 3.63) is 58.5 Å². The summed E-state index contributed by atoms with van der Waals surface area (Å²) in [6, 6.07) is 6.51. The van der Waals surface area contributed by atoms with Gasteiger partial charge in [0.15, 0.2) is 0 Å². The highest BCUT2D eigenvalue weighted by Crippen LogP contribution is 2.34. The van der Waals surface area contributed by atoms with E-state index in [0.29, 0.717) is 31.5 Å². The Labute approximate surface area is 193 Å². The molecule has 2 N–H and O–H groups in total. The number of amides is 2. The number of hydrogen-bond donors (Lipinski definition) is 2. The molecule has 0 bridgehead atoms. The zero-order chi connectivity index (χ0) is 24.0. The molecular formula is C22H23ClF4N4O2. The second kappa shape index (κ2) is 10.8. The van der Waals surface area contributed by atoms with Crippen molar-refractivity contribution in [3.8, 4) is 0 Å². The largest absolute Gasteiger partial charge is 0.417 e. The molecule has 1 aromatic heterocycles. The van der Waals surface area contributed by atoms with Gasteiger partial charge in [-0.05, 0) is 36.6 Å². The zero-order valence-corrected chi connectivity index (χ0v) is 18.3. The van der Waals surface area contributed by atoms with Gasteiger partial charge in [0, 0.05) is 38.3 Å². The Bertz CT molecular complexity index is 977. The van der Waals surface area contributed by atoms with Crippen molar-refractivity contribution in [2.45, 2.75) is 25.4 Å². The Balaban J connectivity index is 1.38. The molecule has 0 radical (unpaired) electrons. The summed E-state index contributed by atoms with van der Waals surface area (Å²) in [6.45, 7) is 1.39. The van der Waals surface area contributed by atoms with E-state index < -0.39 is 11.7 Å². The Morgan fingerprint density at radius 2 is 1.73 bits per heavy atom. The summed E-state index contributed by atoms with van der Waals surface area (Å²) >= 11 is 6.00. The van der Waals surface area contributed by atoms with E-state index in [9.17, 15) is 27.2 Å². The Kier molecular flexibility index (Phi) is 8.12. The number of hydrogen-bond acceptors (Lipinski definition) is 4. The number of nitrogens with zero attached hydrogens (tertiary/aromatic N) is 2.